The quantitative estimate of drug-likeness (QED) is 0.818. The molecule has 0 atom stereocenters. The van der Waals surface area contributed by atoms with E-state index < -0.39 is 0 Å². The smallest absolute Gasteiger partial charge is 0.0436 e. The number of nitrogens with one attached hydrogen (secondary N) is 1. The highest BCUT2D eigenvalue weighted by Crippen LogP contribution is 2.23. The molecule has 1 aromatic heterocycles. The van der Waals surface area contributed by atoms with Gasteiger partial charge in [-0.1, -0.05) is 19.9 Å². The van der Waals surface area contributed by atoms with Gasteiger partial charge < -0.3 is 5.32 Å². The molecule has 1 saturated heterocycles. The van der Waals surface area contributed by atoms with E-state index in [1.54, 1.807) is 0 Å². The molecule has 1 aromatic rings. The molecule has 0 bridgehead atoms. The predicted molar refractivity (Wildman–Crippen MR) is 86.9 cm³/mol. The summed E-state index contributed by atoms with van der Waals surface area (Å²) >= 11 is 0. The normalized spacial score (nSPS) is 17.6. The van der Waals surface area contributed by atoms with E-state index in [-0.39, 0.29) is 0 Å². The summed E-state index contributed by atoms with van der Waals surface area (Å²) in [6, 6.07) is 2.31. The van der Waals surface area contributed by atoms with Gasteiger partial charge in [-0.2, -0.15) is 0 Å². The first-order valence-electron chi connectivity index (χ1n) is 8.18. The van der Waals surface area contributed by atoms with Crippen LogP contribution >= 0.6 is 0 Å². The van der Waals surface area contributed by atoms with Crippen LogP contribution in [0.1, 0.15) is 62.3 Å². The molecule has 2 nitrogen and oxygen atoms in total. The van der Waals surface area contributed by atoms with Crippen molar-refractivity contribution in [3.05, 3.63) is 35.7 Å². The van der Waals surface area contributed by atoms with Gasteiger partial charge >= 0.3 is 0 Å². The lowest BCUT2D eigenvalue weighted by Gasteiger charge is -2.08. The Bertz CT molecular complexity index is 425. The Morgan fingerprint density at radius 3 is 2.55 bits per heavy atom. The maximum atomic E-state index is 4.59. The van der Waals surface area contributed by atoms with Crippen molar-refractivity contribution < 1.29 is 0 Å². The number of hydrogen-bond acceptors (Lipinski definition) is 2. The molecular weight excluding hydrogens is 244 g/mol. The minimum Gasteiger partial charge on any atom is -0.317 e. The summed E-state index contributed by atoms with van der Waals surface area (Å²) in [6.07, 6.45) is 12.1. The van der Waals surface area contributed by atoms with Crippen molar-refractivity contribution in [1.29, 1.82) is 0 Å². The number of aromatic nitrogens is 1. The summed E-state index contributed by atoms with van der Waals surface area (Å²) in [6.45, 7) is 8.72. The Labute approximate surface area is 123 Å². The molecule has 0 aromatic carbocycles. The van der Waals surface area contributed by atoms with Crippen LogP contribution in [0.5, 0.6) is 0 Å². The number of rotatable bonds is 2. The molecule has 110 valence electrons. The van der Waals surface area contributed by atoms with Gasteiger partial charge in [0.05, 0.1) is 0 Å². The fourth-order valence-corrected chi connectivity index (χ4v) is 2.79. The highest BCUT2D eigenvalue weighted by Gasteiger charge is 2.10. The number of fused-ring (bicyclic) bond motifs is 1. The molecule has 0 saturated carbocycles. The fourth-order valence-electron chi connectivity index (χ4n) is 2.79. The molecule has 2 heterocycles. The van der Waals surface area contributed by atoms with Crippen molar-refractivity contribution in [2.24, 2.45) is 0 Å². The zero-order valence-electron chi connectivity index (χ0n) is 12.9. The van der Waals surface area contributed by atoms with Gasteiger partial charge in [-0.05, 0) is 80.8 Å². The van der Waals surface area contributed by atoms with Crippen LogP contribution in [-0.2, 0) is 12.8 Å². The summed E-state index contributed by atoms with van der Waals surface area (Å²) in [4.78, 5) is 4.59. The van der Waals surface area contributed by atoms with E-state index in [0.717, 1.165) is 12.8 Å². The SMILES string of the molecule is C1CCNC1.C=C(CC)c1cnc2c(c1)CCCCC2. The average Bonchev–Trinajstić information content (AvgIpc) is 2.98. The molecule has 2 heteroatoms. The van der Waals surface area contributed by atoms with Crippen LogP contribution in [0.25, 0.3) is 5.57 Å². The number of aryl methyl sites for hydroxylation is 2. The van der Waals surface area contributed by atoms with E-state index >= 15 is 0 Å². The molecule has 1 aliphatic carbocycles. The second-order valence-electron chi connectivity index (χ2n) is 5.80. The lowest BCUT2D eigenvalue weighted by molar-refractivity contribution is 0.708. The Kier molecular flexibility index (Phi) is 6.25. The number of pyridine rings is 1. The Morgan fingerprint density at radius 2 is 1.90 bits per heavy atom. The highest BCUT2D eigenvalue weighted by atomic mass is 14.9. The van der Waals surface area contributed by atoms with Crippen LogP contribution in [0.3, 0.4) is 0 Å². The molecule has 1 aliphatic heterocycles. The molecule has 0 spiro atoms. The van der Waals surface area contributed by atoms with Crippen LogP contribution in [-0.4, -0.2) is 18.1 Å². The van der Waals surface area contributed by atoms with Crippen molar-refractivity contribution in [1.82, 2.24) is 10.3 Å². The fraction of sp³-hybridized carbons (Fsp3) is 0.611. The zero-order chi connectivity index (χ0) is 14.2. The number of allylic oxidation sites excluding steroid dienone is 1. The Morgan fingerprint density at radius 1 is 1.15 bits per heavy atom. The van der Waals surface area contributed by atoms with E-state index in [9.17, 15) is 0 Å². The third-order valence-electron chi connectivity index (χ3n) is 4.21. The maximum Gasteiger partial charge on any atom is 0.0436 e. The van der Waals surface area contributed by atoms with E-state index in [1.165, 1.54) is 74.0 Å². The number of nitrogens with zero attached hydrogens (tertiary/aromatic N) is 1. The minimum absolute atomic E-state index is 1.01. The minimum atomic E-state index is 1.01. The van der Waals surface area contributed by atoms with Gasteiger partial charge in [0.2, 0.25) is 0 Å². The largest absolute Gasteiger partial charge is 0.317 e. The van der Waals surface area contributed by atoms with Crippen molar-refractivity contribution in [2.75, 3.05) is 13.1 Å². The van der Waals surface area contributed by atoms with Crippen LogP contribution < -0.4 is 5.32 Å². The first-order valence-corrected chi connectivity index (χ1v) is 8.18. The Balaban J connectivity index is 0.000000247. The van der Waals surface area contributed by atoms with Gasteiger partial charge in [0.15, 0.2) is 0 Å². The second kappa shape index (κ2) is 8.21. The van der Waals surface area contributed by atoms with Crippen LogP contribution in [0.15, 0.2) is 18.8 Å². The van der Waals surface area contributed by atoms with Crippen LogP contribution in [0.2, 0.25) is 0 Å². The molecule has 3 rings (SSSR count). The van der Waals surface area contributed by atoms with Gasteiger partial charge in [0, 0.05) is 11.9 Å². The molecule has 0 unspecified atom stereocenters. The lowest BCUT2D eigenvalue weighted by atomic mass is 10.0. The summed E-state index contributed by atoms with van der Waals surface area (Å²) < 4.78 is 0. The van der Waals surface area contributed by atoms with Crippen molar-refractivity contribution >= 4 is 5.57 Å². The molecule has 0 amide bonds. The van der Waals surface area contributed by atoms with Crippen molar-refractivity contribution in [3.8, 4) is 0 Å². The monoisotopic (exact) mass is 272 g/mol. The van der Waals surface area contributed by atoms with E-state index in [0.29, 0.717) is 0 Å². The number of hydrogen-bond donors (Lipinski definition) is 1. The molecule has 2 aliphatic rings. The average molecular weight is 272 g/mol. The van der Waals surface area contributed by atoms with Gasteiger partial charge in [0.1, 0.15) is 0 Å². The lowest BCUT2D eigenvalue weighted by Crippen LogP contribution is -2.03. The molecule has 1 N–H and O–H groups in total. The van der Waals surface area contributed by atoms with E-state index in [2.05, 4.69) is 29.9 Å². The first-order chi connectivity index (χ1) is 9.81. The summed E-state index contributed by atoms with van der Waals surface area (Å²) in [5, 5.41) is 3.22. The highest BCUT2D eigenvalue weighted by molar-refractivity contribution is 5.63. The zero-order valence-corrected chi connectivity index (χ0v) is 12.9. The Hall–Kier alpha value is -1.15. The molecular formula is C18H28N2. The van der Waals surface area contributed by atoms with Crippen LogP contribution in [0.4, 0.5) is 0 Å². The molecule has 20 heavy (non-hydrogen) atoms. The summed E-state index contributed by atoms with van der Waals surface area (Å²) in [5.41, 5.74) is 5.22. The van der Waals surface area contributed by atoms with E-state index in [1.807, 2.05) is 6.20 Å². The molecule has 1 fully saturated rings. The molecule has 0 radical (unpaired) electrons. The predicted octanol–water partition coefficient (Wildman–Crippen LogP) is 4.14. The van der Waals surface area contributed by atoms with Crippen molar-refractivity contribution in [2.45, 2.75) is 58.3 Å². The second-order valence-corrected chi connectivity index (χ2v) is 5.80. The van der Waals surface area contributed by atoms with Crippen LogP contribution in [0, 0.1) is 0 Å². The topological polar surface area (TPSA) is 24.9 Å². The van der Waals surface area contributed by atoms with Gasteiger partial charge in [-0.3, -0.25) is 4.98 Å². The third kappa shape index (κ3) is 4.45. The summed E-state index contributed by atoms with van der Waals surface area (Å²) in [5.74, 6) is 0. The van der Waals surface area contributed by atoms with Gasteiger partial charge in [-0.25, -0.2) is 0 Å². The third-order valence-corrected chi connectivity index (χ3v) is 4.21. The first kappa shape index (κ1) is 15.2. The van der Waals surface area contributed by atoms with E-state index in [4.69, 9.17) is 0 Å². The van der Waals surface area contributed by atoms with Gasteiger partial charge in [-0.15, -0.1) is 0 Å². The maximum absolute atomic E-state index is 4.59. The standard InChI is InChI=1S/C14H19N.C4H9N/c1-3-11(2)13-9-12-7-5-4-6-8-14(12)15-10-13;1-2-4-5-3-1/h9-10H,2-8H2,1H3;5H,1-4H2. The van der Waals surface area contributed by atoms with Gasteiger partial charge in [0.25, 0.3) is 0 Å². The van der Waals surface area contributed by atoms with Crippen molar-refractivity contribution in [3.63, 3.8) is 0 Å². The summed E-state index contributed by atoms with van der Waals surface area (Å²) in [7, 11) is 0.